The van der Waals surface area contributed by atoms with Gasteiger partial charge in [-0.25, -0.2) is 0 Å². The molecule has 0 fully saturated rings. The molecule has 0 unspecified atom stereocenters. The Balaban J connectivity index is 1.00. The molecule has 0 radical (unpaired) electrons. The average Bonchev–Trinajstić information content (AvgIpc) is 3.84. The van der Waals surface area contributed by atoms with Crippen molar-refractivity contribution in [2.75, 3.05) is 0 Å². The highest BCUT2D eigenvalue weighted by Gasteiger charge is 2.19. The van der Waals surface area contributed by atoms with E-state index in [0.29, 0.717) is 0 Å². The van der Waals surface area contributed by atoms with Crippen molar-refractivity contribution in [2.45, 2.75) is 0 Å². The van der Waals surface area contributed by atoms with E-state index >= 15 is 0 Å². The van der Waals surface area contributed by atoms with Crippen LogP contribution in [0.25, 0.3) is 114 Å². The van der Waals surface area contributed by atoms with Gasteiger partial charge in [-0.1, -0.05) is 170 Å². The molecular weight excluding hydrogens is 719 g/mol. The Bertz CT molecular complexity index is 3490. The summed E-state index contributed by atoms with van der Waals surface area (Å²) >= 11 is 1.89. The molecule has 10 aromatic carbocycles. The molecule has 0 amide bonds. The first-order valence-electron chi connectivity index (χ1n) is 19.9. The van der Waals surface area contributed by atoms with E-state index in [1.807, 2.05) is 11.3 Å². The van der Waals surface area contributed by atoms with Crippen LogP contribution >= 0.6 is 11.3 Å². The molecule has 12 rings (SSSR count). The zero-order valence-electron chi connectivity index (χ0n) is 31.6. The first kappa shape index (κ1) is 32.9. The molecule has 0 bridgehead atoms. The van der Waals surface area contributed by atoms with Crippen LogP contribution in [0.3, 0.4) is 0 Å². The molecule has 0 spiro atoms. The molecule has 2 heterocycles. The van der Waals surface area contributed by atoms with Gasteiger partial charge in [0.2, 0.25) is 0 Å². The number of nitrogens with zero attached hydrogens (tertiary/aromatic N) is 1. The van der Waals surface area contributed by atoms with Gasteiger partial charge >= 0.3 is 0 Å². The van der Waals surface area contributed by atoms with E-state index in [1.54, 1.807) is 0 Å². The van der Waals surface area contributed by atoms with Crippen molar-refractivity contribution in [1.29, 1.82) is 0 Å². The lowest BCUT2D eigenvalue weighted by atomic mass is 9.85. The molecule has 0 N–H and O–H groups in total. The van der Waals surface area contributed by atoms with Crippen molar-refractivity contribution in [3.63, 3.8) is 0 Å². The molecular formula is C56H35NS. The van der Waals surface area contributed by atoms with Gasteiger partial charge in [0.25, 0.3) is 0 Å². The van der Waals surface area contributed by atoms with Crippen molar-refractivity contribution >= 4 is 74.9 Å². The predicted octanol–water partition coefficient (Wildman–Crippen LogP) is 16.1. The standard InChI is InChI=1S/C56H35NS/c1-2-14-36(15-3-1)38-16-12-17-40(34-38)55-47-22-6-4-20-45(47)54(46-21-5-7-23-48(46)55)37-28-31-41(32-29-37)57-51-26-10-8-18-43(51)50-35-39(30-33-52(50)57)42-24-13-25-49-44-19-9-11-27-53(44)58-56(42)49/h1-35H. The average molecular weight is 754 g/mol. The summed E-state index contributed by atoms with van der Waals surface area (Å²) in [6.45, 7) is 0. The van der Waals surface area contributed by atoms with E-state index in [1.165, 1.54) is 108 Å². The minimum absolute atomic E-state index is 1.15. The van der Waals surface area contributed by atoms with E-state index in [2.05, 4.69) is 217 Å². The molecule has 58 heavy (non-hydrogen) atoms. The third-order valence-electron chi connectivity index (χ3n) is 12.0. The van der Waals surface area contributed by atoms with E-state index in [9.17, 15) is 0 Å². The van der Waals surface area contributed by atoms with Crippen LogP contribution in [-0.2, 0) is 0 Å². The third-order valence-corrected chi connectivity index (χ3v) is 13.2. The van der Waals surface area contributed by atoms with Crippen molar-refractivity contribution in [1.82, 2.24) is 4.57 Å². The highest BCUT2D eigenvalue weighted by molar-refractivity contribution is 7.26. The summed E-state index contributed by atoms with van der Waals surface area (Å²) in [5.74, 6) is 0. The molecule has 1 nitrogen and oxygen atoms in total. The first-order valence-corrected chi connectivity index (χ1v) is 20.7. The van der Waals surface area contributed by atoms with E-state index in [-0.39, 0.29) is 0 Å². The molecule has 0 atom stereocenters. The molecule has 12 aromatic rings. The summed E-state index contributed by atoms with van der Waals surface area (Å²) in [4.78, 5) is 0. The van der Waals surface area contributed by atoms with Gasteiger partial charge in [0.05, 0.1) is 11.0 Å². The Kier molecular flexibility index (Phi) is 7.47. The topological polar surface area (TPSA) is 4.93 Å². The Morgan fingerprint density at radius 1 is 0.293 bits per heavy atom. The number of aromatic nitrogens is 1. The lowest BCUT2D eigenvalue weighted by Crippen LogP contribution is -1.95. The monoisotopic (exact) mass is 753 g/mol. The summed E-state index contributed by atoms with van der Waals surface area (Å²) in [5, 5.41) is 10.2. The number of thiophene rings is 1. The first-order chi connectivity index (χ1) is 28.8. The van der Waals surface area contributed by atoms with Gasteiger partial charge in [-0.05, 0) is 109 Å². The number of para-hydroxylation sites is 1. The van der Waals surface area contributed by atoms with Gasteiger partial charge in [-0.3, -0.25) is 0 Å². The molecule has 2 heteroatoms. The van der Waals surface area contributed by atoms with E-state index < -0.39 is 0 Å². The fraction of sp³-hybridized carbons (Fsp3) is 0. The fourth-order valence-electron chi connectivity index (χ4n) is 9.41. The Labute approximate surface area is 340 Å². The van der Waals surface area contributed by atoms with E-state index in [4.69, 9.17) is 0 Å². The predicted molar refractivity (Wildman–Crippen MR) is 250 cm³/mol. The SMILES string of the molecule is c1ccc(-c2cccc(-c3c4ccccc4c(-c4ccc(-n5c6ccccc6c6cc(-c7cccc8c7sc7ccccc78)ccc65)cc4)c4ccccc34)c2)cc1. The Hall–Kier alpha value is -7.26. The quantitative estimate of drug-likeness (QED) is 0.154. The minimum atomic E-state index is 1.15. The van der Waals surface area contributed by atoms with E-state index in [0.717, 1.165) is 5.69 Å². The Morgan fingerprint density at radius 2 is 0.828 bits per heavy atom. The van der Waals surface area contributed by atoms with Crippen LogP contribution in [-0.4, -0.2) is 4.57 Å². The highest BCUT2D eigenvalue weighted by atomic mass is 32.1. The minimum Gasteiger partial charge on any atom is -0.309 e. The van der Waals surface area contributed by atoms with Gasteiger partial charge < -0.3 is 4.57 Å². The van der Waals surface area contributed by atoms with Crippen LogP contribution in [0.15, 0.2) is 212 Å². The maximum Gasteiger partial charge on any atom is 0.0541 e. The Morgan fingerprint density at radius 3 is 1.57 bits per heavy atom. The molecule has 0 aliphatic heterocycles. The van der Waals surface area contributed by atoms with Crippen LogP contribution in [0.4, 0.5) is 0 Å². The lowest BCUT2D eigenvalue weighted by Gasteiger charge is -2.18. The van der Waals surface area contributed by atoms with Crippen molar-refractivity contribution in [3.05, 3.63) is 212 Å². The summed E-state index contributed by atoms with van der Waals surface area (Å²) < 4.78 is 5.10. The zero-order chi connectivity index (χ0) is 38.2. The molecule has 0 aliphatic rings. The van der Waals surface area contributed by atoms with Gasteiger partial charge in [-0.2, -0.15) is 0 Å². The van der Waals surface area contributed by atoms with Gasteiger partial charge in [0.1, 0.15) is 0 Å². The maximum atomic E-state index is 2.43. The number of hydrogen-bond acceptors (Lipinski definition) is 1. The van der Waals surface area contributed by atoms with Crippen LogP contribution in [0.2, 0.25) is 0 Å². The summed E-state index contributed by atoms with van der Waals surface area (Å²) in [7, 11) is 0. The molecule has 2 aromatic heterocycles. The van der Waals surface area contributed by atoms with Crippen LogP contribution in [0.5, 0.6) is 0 Å². The van der Waals surface area contributed by atoms with Crippen LogP contribution in [0.1, 0.15) is 0 Å². The molecule has 0 saturated carbocycles. The number of fused-ring (bicyclic) bond motifs is 8. The van der Waals surface area contributed by atoms with Gasteiger partial charge in [-0.15, -0.1) is 11.3 Å². The van der Waals surface area contributed by atoms with Crippen molar-refractivity contribution in [2.24, 2.45) is 0 Å². The van der Waals surface area contributed by atoms with Crippen LogP contribution < -0.4 is 0 Å². The smallest absolute Gasteiger partial charge is 0.0541 e. The molecule has 270 valence electrons. The zero-order valence-corrected chi connectivity index (χ0v) is 32.4. The second kappa shape index (κ2) is 13.2. The molecule has 0 aliphatic carbocycles. The maximum absolute atomic E-state index is 2.43. The number of hydrogen-bond donors (Lipinski definition) is 0. The summed E-state index contributed by atoms with van der Waals surface area (Å²) in [6, 6.07) is 78.1. The van der Waals surface area contributed by atoms with Crippen molar-refractivity contribution in [3.8, 4) is 50.2 Å². The normalized spacial score (nSPS) is 11.8. The highest BCUT2D eigenvalue weighted by Crippen LogP contribution is 2.45. The fourth-order valence-corrected chi connectivity index (χ4v) is 10.6. The van der Waals surface area contributed by atoms with Crippen LogP contribution in [0, 0.1) is 0 Å². The van der Waals surface area contributed by atoms with Gasteiger partial charge in [0.15, 0.2) is 0 Å². The summed E-state index contributed by atoms with van der Waals surface area (Å²) in [6.07, 6.45) is 0. The second-order valence-corrected chi connectivity index (χ2v) is 16.3. The molecule has 0 saturated heterocycles. The number of rotatable bonds is 5. The number of benzene rings is 10. The second-order valence-electron chi connectivity index (χ2n) is 15.2. The largest absolute Gasteiger partial charge is 0.309 e. The van der Waals surface area contributed by atoms with Crippen molar-refractivity contribution < 1.29 is 0 Å². The lowest BCUT2D eigenvalue weighted by molar-refractivity contribution is 1.18. The summed E-state index contributed by atoms with van der Waals surface area (Å²) in [5.41, 5.74) is 13.5. The third kappa shape index (κ3) is 5.09. The van der Waals surface area contributed by atoms with Gasteiger partial charge in [0, 0.05) is 36.6 Å².